The van der Waals surface area contributed by atoms with E-state index in [0.717, 1.165) is 23.7 Å². The first-order valence-corrected chi connectivity index (χ1v) is 4.58. The van der Waals surface area contributed by atoms with Gasteiger partial charge in [-0.1, -0.05) is 23.7 Å². The van der Waals surface area contributed by atoms with Crippen LogP contribution in [0.15, 0.2) is 24.3 Å². The third kappa shape index (κ3) is 3.35. The van der Waals surface area contributed by atoms with Crippen LogP contribution in [0.25, 0.3) is 0 Å². The number of halogens is 1. The fourth-order valence-corrected chi connectivity index (χ4v) is 1.20. The lowest BCUT2D eigenvalue weighted by Gasteiger charge is -2.05. The fourth-order valence-electron chi connectivity index (χ4n) is 0.995. The number of nitriles is 1. The molecule has 0 fully saturated rings. The predicted octanol–water partition coefficient (Wildman–Crippen LogP) is 3.06. The first kappa shape index (κ1) is 9.88. The lowest BCUT2D eigenvalue weighted by atomic mass is 10.3. The van der Waals surface area contributed by atoms with Gasteiger partial charge in [-0.2, -0.15) is 5.26 Å². The van der Waals surface area contributed by atoms with Crippen LogP contribution < -0.4 is 5.32 Å². The molecule has 0 radical (unpaired) electrons. The topological polar surface area (TPSA) is 35.8 Å². The van der Waals surface area contributed by atoms with Gasteiger partial charge in [0.2, 0.25) is 0 Å². The Morgan fingerprint density at radius 1 is 1.38 bits per heavy atom. The molecule has 0 aliphatic carbocycles. The number of nitrogens with zero attached hydrogens (tertiary/aromatic N) is 1. The molecule has 0 bridgehead atoms. The van der Waals surface area contributed by atoms with Crippen molar-refractivity contribution in [1.29, 1.82) is 5.26 Å². The second-order valence-electron chi connectivity index (χ2n) is 2.67. The van der Waals surface area contributed by atoms with E-state index in [-0.39, 0.29) is 0 Å². The molecule has 0 spiro atoms. The Labute approximate surface area is 83.1 Å². The molecular weight excluding hydrogens is 184 g/mol. The molecule has 0 unspecified atom stereocenters. The van der Waals surface area contributed by atoms with E-state index in [4.69, 9.17) is 16.9 Å². The maximum absolute atomic E-state index is 8.31. The van der Waals surface area contributed by atoms with Gasteiger partial charge in [0.05, 0.1) is 16.8 Å². The van der Waals surface area contributed by atoms with Crippen molar-refractivity contribution in [3.05, 3.63) is 29.3 Å². The highest BCUT2D eigenvalue weighted by atomic mass is 35.5. The van der Waals surface area contributed by atoms with Crippen LogP contribution in [0.5, 0.6) is 0 Å². The van der Waals surface area contributed by atoms with Crippen molar-refractivity contribution in [2.24, 2.45) is 0 Å². The van der Waals surface area contributed by atoms with Gasteiger partial charge in [0.25, 0.3) is 0 Å². The van der Waals surface area contributed by atoms with Gasteiger partial charge >= 0.3 is 0 Å². The Morgan fingerprint density at radius 3 is 2.85 bits per heavy atom. The van der Waals surface area contributed by atoms with Crippen LogP contribution in [0.1, 0.15) is 12.8 Å². The van der Waals surface area contributed by atoms with E-state index in [1.807, 2.05) is 24.3 Å². The molecule has 3 heteroatoms. The number of benzene rings is 1. The third-order valence-electron chi connectivity index (χ3n) is 1.65. The minimum absolute atomic E-state index is 0.581. The Morgan fingerprint density at radius 2 is 2.15 bits per heavy atom. The average molecular weight is 195 g/mol. The zero-order chi connectivity index (χ0) is 9.52. The van der Waals surface area contributed by atoms with E-state index < -0.39 is 0 Å². The van der Waals surface area contributed by atoms with Gasteiger partial charge in [-0.25, -0.2) is 0 Å². The molecular formula is C10H11ClN2. The highest BCUT2D eigenvalue weighted by molar-refractivity contribution is 6.33. The molecule has 0 aliphatic heterocycles. The normalized spacial score (nSPS) is 9.23. The van der Waals surface area contributed by atoms with Crippen molar-refractivity contribution < 1.29 is 0 Å². The number of anilines is 1. The van der Waals surface area contributed by atoms with Crippen molar-refractivity contribution in [1.82, 2.24) is 0 Å². The first-order valence-electron chi connectivity index (χ1n) is 4.20. The standard InChI is InChI=1S/C10H11ClN2/c11-9-5-1-2-6-10(9)13-8-4-3-7-12/h1-2,5-6,13H,3-4,8H2. The molecule has 0 aromatic heterocycles. The lowest BCUT2D eigenvalue weighted by molar-refractivity contribution is 0.898. The molecule has 0 saturated heterocycles. The summed E-state index contributed by atoms with van der Waals surface area (Å²) < 4.78 is 0. The van der Waals surface area contributed by atoms with Crippen LogP contribution in [0.3, 0.4) is 0 Å². The van der Waals surface area contributed by atoms with Gasteiger partial charge in [0.15, 0.2) is 0 Å². The Bertz CT molecular complexity index is 304. The number of para-hydroxylation sites is 1. The van der Waals surface area contributed by atoms with Crippen LogP contribution >= 0.6 is 11.6 Å². The van der Waals surface area contributed by atoms with Gasteiger partial charge in [-0.3, -0.25) is 0 Å². The second-order valence-corrected chi connectivity index (χ2v) is 3.08. The minimum Gasteiger partial charge on any atom is -0.384 e. The molecule has 1 aromatic rings. The maximum atomic E-state index is 8.31. The quantitative estimate of drug-likeness (QED) is 0.748. The number of hydrogen-bond donors (Lipinski definition) is 1. The summed E-state index contributed by atoms with van der Waals surface area (Å²) in [7, 11) is 0. The number of nitrogens with one attached hydrogen (secondary N) is 1. The summed E-state index contributed by atoms with van der Waals surface area (Å²) in [6.07, 6.45) is 1.43. The summed E-state index contributed by atoms with van der Waals surface area (Å²) in [5.41, 5.74) is 0.933. The largest absolute Gasteiger partial charge is 0.384 e. The van der Waals surface area contributed by atoms with Crippen LogP contribution in [0.2, 0.25) is 5.02 Å². The molecule has 0 amide bonds. The molecule has 68 valence electrons. The smallest absolute Gasteiger partial charge is 0.0637 e. The monoisotopic (exact) mass is 194 g/mol. The number of hydrogen-bond acceptors (Lipinski definition) is 2. The van der Waals surface area contributed by atoms with Crippen LogP contribution in [-0.2, 0) is 0 Å². The highest BCUT2D eigenvalue weighted by Gasteiger charge is 1.95. The summed E-state index contributed by atoms with van der Waals surface area (Å²) in [6.45, 7) is 0.789. The summed E-state index contributed by atoms with van der Waals surface area (Å²) in [5, 5.41) is 12.2. The van der Waals surface area contributed by atoms with Crippen molar-refractivity contribution in [3.63, 3.8) is 0 Å². The summed E-state index contributed by atoms with van der Waals surface area (Å²) in [6, 6.07) is 9.68. The first-order chi connectivity index (χ1) is 6.34. The zero-order valence-corrected chi connectivity index (χ0v) is 8.01. The Hall–Kier alpha value is -1.20. The number of rotatable bonds is 4. The van der Waals surface area contributed by atoms with Crippen molar-refractivity contribution in [2.75, 3.05) is 11.9 Å². The molecule has 13 heavy (non-hydrogen) atoms. The maximum Gasteiger partial charge on any atom is 0.0637 e. The fraction of sp³-hybridized carbons (Fsp3) is 0.300. The van der Waals surface area contributed by atoms with Crippen molar-refractivity contribution in [3.8, 4) is 6.07 Å². The van der Waals surface area contributed by atoms with E-state index in [0.29, 0.717) is 6.42 Å². The van der Waals surface area contributed by atoms with Gasteiger partial charge in [0, 0.05) is 13.0 Å². The SMILES string of the molecule is N#CCCCNc1ccccc1Cl. The third-order valence-corrected chi connectivity index (χ3v) is 1.98. The Balaban J connectivity index is 2.37. The average Bonchev–Trinajstić information content (AvgIpc) is 2.15. The van der Waals surface area contributed by atoms with Crippen LogP contribution in [0, 0.1) is 11.3 Å². The summed E-state index contributed by atoms with van der Waals surface area (Å²) >= 11 is 5.91. The minimum atomic E-state index is 0.581. The zero-order valence-electron chi connectivity index (χ0n) is 7.26. The van der Waals surface area contributed by atoms with E-state index in [1.165, 1.54) is 0 Å². The predicted molar refractivity (Wildman–Crippen MR) is 54.8 cm³/mol. The molecule has 1 aromatic carbocycles. The van der Waals surface area contributed by atoms with Gasteiger partial charge < -0.3 is 5.32 Å². The van der Waals surface area contributed by atoms with Gasteiger partial charge in [-0.15, -0.1) is 0 Å². The molecule has 1 rings (SSSR count). The summed E-state index contributed by atoms with van der Waals surface area (Å²) in [5.74, 6) is 0. The molecule has 0 heterocycles. The van der Waals surface area contributed by atoms with Crippen LogP contribution in [0.4, 0.5) is 5.69 Å². The molecule has 0 aliphatic rings. The molecule has 0 saturated carbocycles. The van der Waals surface area contributed by atoms with E-state index in [2.05, 4.69) is 11.4 Å². The van der Waals surface area contributed by atoms with E-state index in [1.54, 1.807) is 0 Å². The number of unbranched alkanes of at least 4 members (excludes halogenated alkanes) is 1. The molecule has 0 atom stereocenters. The summed E-state index contributed by atoms with van der Waals surface area (Å²) in [4.78, 5) is 0. The van der Waals surface area contributed by atoms with E-state index >= 15 is 0 Å². The van der Waals surface area contributed by atoms with Crippen LogP contribution in [-0.4, -0.2) is 6.54 Å². The second kappa shape index (κ2) is 5.45. The van der Waals surface area contributed by atoms with E-state index in [9.17, 15) is 0 Å². The van der Waals surface area contributed by atoms with Gasteiger partial charge in [0.1, 0.15) is 0 Å². The lowest BCUT2D eigenvalue weighted by Crippen LogP contribution is -2.00. The van der Waals surface area contributed by atoms with Crippen molar-refractivity contribution in [2.45, 2.75) is 12.8 Å². The Kier molecular flexibility index (Phi) is 4.14. The van der Waals surface area contributed by atoms with Gasteiger partial charge in [-0.05, 0) is 18.6 Å². The van der Waals surface area contributed by atoms with Crippen molar-refractivity contribution >= 4 is 17.3 Å². The highest BCUT2D eigenvalue weighted by Crippen LogP contribution is 2.20. The molecule has 1 N–H and O–H groups in total. The molecule has 2 nitrogen and oxygen atoms in total.